The molecule has 0 aromatic heterocycles. The SMILES string of the molecule is C#C[C@]1(C)CCC=C[C@@H]1COC1CCC(C2CC=C[C@@H]3COC(=O)[C@H]23)C1. The summed E-state index contributed by atoms with van der Waals surface area (Å²) < 4.78 is 11.6. The van der Waals surface area contributed by atoms with Crippen molar-refractivity contribution in [2.45, 2.75) is 51.6 Å². The highest BCUT2D eigenvalue weighted by atomic mass is 16.5. The third kappa shape index (κ3) is 3.25. The van der Waals surface area contributed by atoms with Crippen molar-refractivity contribution in [1.82, 2.24) is 0 Å². The third-order valence-corrected chi connectivity index (χ3v) is 7.29. The number of carbonyl (C=O) groups excluding carboxylic acids is 1. The Bertz CT molecular complexity index is 642. The van der Waals surface area contributed by atoms with Crippen LogP contribution >= 0.6 is 0 Å². The first-order chi connectivity index (χ1) is 12.6. The number of hydrogen-bond acceptors (Lipinski definition) is 3. The van der Waals surface area contributed by atoms with Gasteiger partial charge >= 0.3 is 5.97 Å². The summed E-state index contributed by atoms with van der Waals surface area (Å²) in [5.41, 5.74) is -0.0816. The van der Waals surface area contributed by atoms with E-state index in [1.54, 1.807) is 0 Å². The Balaban J connectivity index is 1.34. The maximum absolute atomic E-state index is 12.2. The van der Waals surface area contributed by atoms with Crippen molar-refractivity contribution in [3.05, 3.63) is 24.3 Å². The van der Waals surface area contributed by atoms with E-state index in [0.29, 0.717) is 43.0 Å². The number of terminal acetylenes is 1. The van der Waals surface area contributed by atoms with Gasteiger partial charge in [0.25, 0.3) is 0 Å². The van der Waals surface area contributed by atoms with Crippen LogP contribution in [0.3, 0.4) is 0 Å². The first-order valence-electron chi connectivity index (χ1n) is 10.2. The van der Waals surface area contributed by atoms with Crippen LogP contribution in [0.2, 0.25) is 0 Å². The van der Waals surface area contributed by atoms with E-state index in [9.17, 15) is 4.79 Å². The van der Waals surface area contributed by atoms with Crippen LogP contribution in [-0.4, -0.2) is 25.3 Å². The molecule has 0 aromatic rings. The molecule has 2 fully saturated rings. The van der Waals surface area contributed by atoms with Gasteiger partial charge in [0, 0.05) is 17.3 Å². The maximum Gasteiger partial charge on any atom is 0.309 e. The zero-order valence-corrected chi connectivity index (χ0v) is 15.7. The summed E-state index contributed by atoms with van der Waals surface area (Å²) in [4.78, 5) is 12.2. The van der Waals surface area contributed by atoms with Gasteiger partial charge in [0.05, 0.1) is 25.2 Å². The Morgan fingerprint density at radius 3 is 3.08 bits per heavy atom. The molecule has 3 aliphatic carbocycles. The summed E-state index contributed by atoms with van der Waals surface area (Å²) in [6.07, 6.45) is 21.5. The average Bonchev–Trinajstić information content (AvgIpc) is 3.28. The molecule has 3 nitrogen and oxygen atoms in total. The minimum Gasteiger partial charge on any atom is -0.465 e. The average molecular weight is 354 g/mol. The lowest BCUT2D eigenvalue weighted by Gasteiger charge is -2.34. The van der Waals surface area contributed by atoms with E-state index in [0.717, 1.165) is 38.5 Å². The minimum absolute atomic E-state index is 0.0193. The predicted octanol–water partition coefficient (Wildman–Crippen LogP) is 4.14. The molecule has 0 N–H and O–H groups in total. The van der Waals surface area contributed by atoms with Crippen LogP contribution in [0.15, 0.2) is 24.3 Å². The fourth-order valence-corrected chi connectivity index (χ4v) is 5.48. The van der Waals surface area contributed by atoms with Crippen LogP contribution in [0, 0.1) is 47.3 Å². The minimum atomic E-state index is -0.0816. The largest absolute Gasteiger partial charge is 0.465 e. The van der Waals surface area contributed by atoms with Gasteiger partial charge in [0.15, 0.2) is 0 Å². The maximum atomic E-state index is 12.2. The van der Waals surface area contributed by atoms with Crippen LogP contribution in [0.1, 0.15) is 45.4 Å². The third-order valence-electron chi connectivity index (χ3n) is 7.29. The van der Waals surface area contributed by atoms with E-state index >= 15 is 0 Å². The van der Waals surface area contributed by atoms with E-state index < -0.39 is 0 Å². The van der Waals surface area contributed by atoms with E-state index in [2.05, 4.69) is 37.1 Å². The Hall–Kier alpha value is -1.53. The van der Waals surface area contributed by atoms with Gasteiger partial charge in [0.1, 0.15) is 0 Å². The molecule has 4 rings (SSSR count). The lowest BCUT2D eigenvalue weighted by molar-refractivity contribution is -0.143. The van der Waals surface area contributed by atoms with Crippen molar-refractivity contribution in [2.75, 3.05) is 13.2 Å². The van der Waals surface area contributed by atoms with Gasteiger partial charge in [-0.05, 0) is 57.3 Å². The van der Waals surface area contributed by atoms with E-state index in [4.69, 9.17) is 15.9 Å². The number of allylic oxidation sites excluding steroid dienone is 2. The molecule has 0 spiro atoms. The quantitative estimate of drug-likeness (QED) is 0.432. The van der Waals surface area contributed by atoms with Gasteiger partial charge in [0.2, 0.25) is 0 Å². The first-order valence-corrected chi connectivity index (χ1v) is 10.2. The molecule has 0 aromatic carbocycles. The number of carbonyl (C=O) groups is 1. The van der Waals surface area contributed by atoms with Gasteiger partial charge in [-0.15, -0.1) is 6.42 Å². The summed E-state index contributed by atoms with van der Waals surface area (Å²) >= 11 is 0. The van der Waals surface area contributed by atoms with Crippen molar-refractivity contribution in [3.8, 4) is 12.3 Å². The molecule has 26 heavy (non-hydrogen) atoms. The molecule has 7 atom stereocenters. The van der Waals surface area contributed by atoms with Gasteiger partial charge < -0.3 is 9.47 Å². The molecule has 1 saturated carbocycles. The fourth-order valence-electron chi connectivity index (χ4n) is 5.48. The molecule has 1 aliphatic heterocycles. The molecule has 1 heterocycles. The fraction of sp³-hybridized carbons (Fsp3) is 0.696. The Morgan fingerprint density at radius 1 is 1.35 bits per heavy atom. The number of ether oxygens (including phenoxy) is 2. The monoisotopic (exact) mass is 354 g/mol. The van der Waals surface area contributed by atoms with E-state index in [1.807, 2.05) is 0 Å². The lowest BCUT2D eigenvalue weighted by atomic mass is 9.71. The topological polar surface area (TPSA) is 35.5 Å². The Kier molecular flexibility index (Phi) is 4.97. The Morgan fingerprint density at radius 2 is 2.23 bits per heavy atom. The van der Waals surface area contributed by atoms with Crippen molar-refractivity contribution in [3.63, 3.8) is 0 Å². The second-order valence-corrected chi connectivity index (χ2v) is 8.81. The number of hydrogen-bond donors (Lipinski definition) is 0. The first kappa shape index (κ1) is 17.9. The highest BCUT2D eigenvalue weighted by Gasteiger charge is 2.47. The van der Waals surface area contributed by atoms with Crippen LogP contribution in [0.4, 0.5) is 0 Å². The lowest BCUT2D eigenvalue weighted by Crippen LogP contribution is -2.33. The number of cyclic esters (lactones) is 1. The summed E-state index contributed by atoms with van der Waals surface area (Å²) in [6, 6.07) is 0. The normalized spacial score (nSPS) is 44.5. The Labute approximate surface area is 157 Å². The highest BCUT2D eigenvalue weighted by molar-refractivity contribution is 5.76. The molecule has 0 radical (unpaired) electrons. The number of rotatable bonds is 4. The van der Waals surface area contributed by atoms with Crippen LogP contribution in [0.25, 0.3) is 0 Å². The summed E-state index contributed by atoms with van der Waals surface area (Å²) in [6.45, 7) is 3.47. The van der Waals surface area contributed by atoms with Crippen molar-refractivity contribution >= 4 is 5.97 Å². The zero-order valence-electron chi connectivity index (χ0n) is 15.7. The van der Waals surface area contributed by atoms with E-state index in [1.165, 1.54) is 0 Å². The molecular formula is C23H30O3. The number of esters is 1. The van der Waals surface area contributed by atoms with Gasteiger partial charge in [-0.3, -0.25) is 4.79 Å². The summed E-state index contributed by atoms with van der Waals surface area (Å²) in [7, 11) is 0. The zero-order chi connectivity index (χ0) is 18.1. The molecular weight excluding hydrogens is 324 g/mol. The molecule has 3 heteroatoms. The van der Waals surface area contributed by atoms with E-state index in [-0.39, 0.29) is 17.3 Å². The van der Waals surface area contributed by atoms with Crippen molar-refractivity contribution in [1.29, 1.82) is 0 Å². The molecule has 3 unspecified atom stereocenters. The smallest absolute Gasteiger partial charge is 0.309 e. The van der Waals surface area contributed by atoms with Gasteiger partial charge in [-0.1, -0.05) is 30.2 Å². The molecule has 140 valence electrons. The van der Waals surface area contributed by atoms with Gasteiger partial charge in [-0.25, -0.2) is 0 Å². The summed E-state index contributed by atoms with van der Waals surface area (Å²) in [5.74, 6) is 4.72. The van der Waals surface area contributed by atoms with Crippen LogP contribution in [0.5, 0.6) is 0 Å². The molecule has 1 saturated heterocycles. The second-order valence-electron chi connectivity index (χ2n) is 8.81. The molecule has 0 bridgehead atoms. The summed E-state index contributed by atoms with van der Waals surface area (Å²) in [5, 5.41) is 0. The van der Waals surface area contributed by atoms with Crippen LogP contribution in [-0.2, 0) is 14.3 Å². The molecule has 0 amide bonds. The predicted molar refractivity (Wildman–Crippen MR) is 101 cm³/mol. The van der Waals surface area contributed by atoms with Crippen molar-refractivity contribution in [2.24, 2.45) is 35.0 Å². The highest BCUT2D eigenvalue weighted by Crippen LogP contribution is 2.46. The standard InChI is InChI=1S/C23H30O3/c1-3-23(2)12-5-4-8-18(23)15-25-19-11-10-16(13-19)20-9-6-7-17-14-26-22(24)21(17)20/h1,4,6-8,16-21H,5,9-15H2,2H3/t16?,17-,18-,19?,20?,21+,23-/m1/s1. The van der Waals surface area contributed by atoms with Crippen LogP contribution < -0.4 is 0 Å². The van der Waals surface area contributed by atoms with Gasteiger partial charge in [-0.2, -0.15) is 0 Å². The number of fused-ring (bicyclic) bond motifs is 1. The second kappa shape index (κ2) is 7.24. The van der Waals surface area contributed by atoms with Crippen molar-refractivity contribution < 1.29 is 14.3 Å². The molecule has 4 aliphatic rings.